The number of nitrogens with one attached hydrogen (secondary N) is 1. The maximum absolute atomic E-state index is 3.15. The highest BCUT2D eigenvalue weighted by atomic mass is 14.9. The van der Waals surface area contributed by atoms with E-state index >= 15 is 0 Å². The van der Waals surface area contributed by atoms with E-state index < -0.39 is 0 Å². The number of hydrogen-bond acceptors (Lipinski definition) is 1. The lowest BCUT2D eigenvalue weighted by Gasteiger charge is -1.93. The van der Waals surface area contributed by atoms with E-state index in [0.717, 1.165) is 6.54 Å². The van der Waals surface area contributed by atoms with Crippen LogP contribution < -0.4 is 5.32 Å². The molecule has 1 radical (unpaired) electrons. The van der Waals surface area contributed by atoms with E-state index in [0.29, 0.717) is 6.04 Å². The average molecular weight is 82.1 g/mol. The van der Waals surface area contributed by atoms with Crippen LogP contribution in [0.1, 0.15) is 6.92 Å². The Labute approximate surface area is 38.1 Å². The van der Waals surface area contributed by atoms with Gasteiger partial charge in [0.2, 0.25) is 0 Å². The summed E-state index contributed by atoms with van der Waals surface area (Å²) in [4.78, 5) is 0. The molecule has 6 heavy (non-hydrogen) atoms. The summed E-state index contributed by atoms with van der Waals surface area (Å²) in [5.41, 5.74) is 0. The van der Waals surface area contributed by atoms with Crippen molar-refractivity contribution < 1.29 is 0 Å². The Hall–Kier alpha value is -0.300. The lowest BCUT2D eigenvalue weighted by atomic mass is 10.4. The lowest BCUT2D eigenvalue weighted by molar-refractivity contribution is 0.716. The van der Waals surface area contributed by atoms with Crippen molar-refractivity contribution in [3.05, 3.63) is 12.2 Å². The summed E-state index contributed by atoms with van der Waals surface area (Å²) >= 11 is 0. The molecule has 1 N–H and O–H groups in total. The van der Waals surface area contributed by atoms with Crippen molar-refractivity contribution in [2.24, 2.45) is 0 Å². The third-order valence-corrected chi connectivity index (χ3v) is 0.894. The van der Waals surface area contributed by atoms with Gasteiger partial charge in [0.15, 0.2) is 0 Å². The molecule has 0 bridgehead atoms. The van der Waals surface area contributed by atoms with Gasteiger partial charge in [0, 0.05) is 12.6 Å². The normalized spacial score (nSPS) is 31.8. The number of hydrogen-bond donors (Lipinski definition) is 1. The first-order chi connectivity index (χ1) is 2.89. The van der Waals surface area contributed by atoms with Gasteiger partial charge in [0.25, 0.3) is 0 Å². The maximum atomic E-state index is 3.15. The third-order valence-electron chi connectivity index (χ3n) is 0.894. The highest BCUT2D eigenvalue weighted by Crippen LogP contribution is 1.87. The minimum absolute atomic E-state index is 0.491. The fraction of sp³-hybridized carbons (Fsp3) is 0.600. The Morgan fingerprint density at radius 3 is 3.00 bits per heavy atom. The van der Waals surface area contributed by atoms with Crippen LogP contribution in [-0.4, -0.2) is 12.6 Å². The summed E-state index contributed by atoms with van der Waals surface area (Å²) in [5, 5.41) is 3.15. The molecule has 0 fully saturated rings. The zero-order chi connectivity index (χ0) is 4.41. The molecule has 1 aliphatic rings. The molecular formula is C5H8N. The largest absolute Gasteiger partial charge is 0.307 e. The smallest absolute Gasteiger partial charge is 0.0295 e. The minimum atomic E-state index is 0.491. The van der Waals surface area contributed by atoms with Gasteiger partial charge in [-0.2, -0.15) is 0 Å². The van der Waals surface area contributed by atoms with Crippen LogP contribution in [0.2, 0.25) is 0 Å². The summed E-state index contributed by atoms with van der Waals surface area (Å²) in [6, 6.07) is 0.491. The summed E-state index contributed by atoms with van der Waals surface area (Å²) in [6.07, 6.45) is 5.10. The molecule has 1 nitrogen and oxygen atoms in total. The Balaban J connectivity index is 2.38. The van der Waals surface area contributed by atoms with Crippen LogP contribution in [0.25, 0.3) is 0 Å². The molecule has 0 aromatic carbocycles. The van der Waals surface area contributed by atoms with E-state index in [4.69, 9.17) is 0 Å². The molecule has 1 aliphatic heterocycles. The van der Waals surface area contributed by atoms with Crippen molar-refractivity contribution in [2.75, 3.05) is 6.54 Å². The Kier molecular flexibility index (Phi) is 0.926. The fourth-order valence-electron chi connectivity index (χ4n) is 0.530. The maximum Gasteiger partial charge on any atom is 0.0295 e. The molecule has 0 aliphatic carbocycles. The van der Waals surface area contributed by atoms with Crippen molar-refractivity contribution in [1.82, 2.24) is 5.32 Å². The van der Waals surface area contributed by atoms with Crippen LogP contribution in [0.5, 0.6) is 0 Å². The first kappa shape index (κ1) is 3.88. The lowest BCUT2D eigenvalue weighted by Crippen LogP contribution is -2.17. The summed E-state index contributed by atoms with van der Waals surface area (Å²) in [6.45, 7) is 3.09. The SMILES string of the molecule is CC1[C]=CCN1. The van der Waals surface area contributed by atoms with Gasteiger partial charge in [-0.25, -0.2) is 0 Å². The van der Waals surface area contributed by atoms with Gasteiger partial charge < -0.3 is 5.32 Å². The third kappa shape index (κ3) is 0.601. The molecule has 0 aromatic rings. The molecule has 0 amide bonds. The van der Waals surface area contributed by atoms with Gasteiger partial charge >= 0.3 is 0 Å². The van der Waals surface area contributed by atoms with E-state index in [1.165, 1.54) is 0 Å². The summed E-state index contributed by atoms with van der Waals surface area (Å²) in [7, 11) is 0. The van der Waals surface area contributed by atoms with Crippen LogP contribution in [0.3, 0.4) is 0 Å². The fourth-order valence-corrected chi connectivity index (χ4v) is 0.530. The molecule has 1 heterocycles. The van der Waals surface area contributed by atoms with Gasteiger partial charge in [0.05, 0.1) is 0 Å². The molecule has 1 rings (SSSR count). The van der Waals surface area contributed by atoms with Gasteiger partial charge in [-0.05, 0) is 13.0 Å². The highest BCUT2D eigenvalue weighted by molar-refractivity contribution is 4.91. The van der Waals surface area contributed by atoms with E-state index in [-0.39, 0.29) is 0 Å². The zero-order valence-electron chi connectivity index (χ0n) is 3.86. The molecule has 33 valence electrons. The molecule has 0 saturated carbocycles. The Morgan fingerprint density at radius 1 is 2.00 bits per heavy atom. The van der Waals surface area contributed by atoms with E-state index in [9.17, 15) is 0 Å². The predicted molar refractivity (Wildman–Crippen MR) is 25.3 cm³/mol. The van der Waals surface area contributed by atoms with Gasteiger partial charge in [-0.1, -0.05) is 6.08 Å². The van der Waals surface area contributed by atoms with Crippen molar-refractivity contribution in [2.45, 2.75) is 13.0 Å². The molecule has 1 unspecified atom stereocenters. The predicted octanol–water partition coefficient (Wildman–Crippen LogP) is 0.337. The Bertz CT molecular complexity index is 66.3. The number of rotatable bonds is 0. The zero-order valence-corrected chi connectivity index (χ0v) is 3.86. The van der Waals surface area contributed by atoms with Crippen LogP contribution in [-0.2, 0) is 0 Å². The summed E-state index contributed by atoms with van der Waals surface area (Å²) in [5.74, 6) is 0. The van der Waals surface area contributed by atoms with Crippen LogP contribution in [0.15, 0.2) is 6.08 Å². The standard InChI is InChI=1S/C5H8N/c1-5-3-2-4-6-5/h2,5-6H,4H2,1H3. The van der Waals surface area contributed by atoms with Crippen molar-refractivity contribution >= 4 is 0 Å². The second-order valence-corrected chi connectivity index (χ2v) is 1.50. The van der Waals surface area contributed by atoms with Crippen molar-refractivity contribution in [3.63, 3.8) is 0 Å². The van der Waals surface area contributed by atoms with Crippen molar-refractivity contribution in [3.8, 4) is 0 Å². The highest BCUT2D eigenvalue weighted by Gasteiger charge is 1.97. The molecule has 0 saturated heterocycles. The van der Waals surface area contributed by atoms with Crippen LogP contribution in [0.4, 0.5) is 0 Å². The van der Waals surface area contributed by atoms with E-state index in [1.807, 2.05) is 6.08 Å². The van der Waals surface area contributed by atoms with Gasteiger partial charge in [0.1, 0.15) is 0 Å². The van der Waals surface area contributed by atoms with Gasteiger partial charge in [-0.3, -0.25) is 0 Å². The van der Waals surface area contributed by atoms with Crippen LogP contribution in [0, 0.1) is 6.08 Å². The monoisotopic (exact) mass is 82.1 g/mol. The Morgan fingerprint density at radius 2 is 2.83 bits per heavy atom. The summed E-state index contributed by atoms with van der Waals surface area (Å²) < 4.78 is 0. The second kappa shape index (κ2) is 1.43. The first-order valence-electron chi connectivity index (χ1n) is 2.21. The molecule has 1 atom stereocenters. The van der Waals surface area contributed by atoms with Crippen molar-refractivity contribution in [1.29, 1.82) is 0 Å². The van der Waals surface area contributed by atoms with E-state index in [1.54, 1.807) is 0 Å². The first-order valence-corrected chi connectivity index (χ1v) is 2.21. The molecule has 0 aromatic heterocycles. The minimum Gasteiger partial charge on any atom is -0.307 e. The van der Waals surface area contributed by atoms with E-state index in [2.05, 4.69) is 18.3 Å². The van der Waals surface area contributed by atoms with Crippen LogP contribution >= 0.6 is 0 Å². The van der Waals surface area contributed by atoms with Gasteiger partial charge in [-0.15, -0.1) is 0 Å². The topological polar surface area (TPSA) is 12.0 Å². The molecule has 0 spiro atoms. The quantitative estimate of drug-likeness (QED) is 0.444. The molecule has 1 heteroatoms. The molecular weight excluding hydrogens is 74.1 g/mol. The second-order valence-electron chi connectivity index (χ2n) is 1.50. The average Bonchev–Trinajstić information content (AvgIpc) is 1.86.